The molecule has 0 aromatic carbocycles. The highest BCUT2D eigenvalue weighted by molar-refractivity contribution is 4.93. The van der Waals surface area contributed by atoms with E-state index in [1.807, 2.05) is 0 Å². The van der Waals surface area contributed by atoms with Gasteiger partial charge in [0.25, 0.3) is 0 Å². The van der Waals surface area contributed by atoms with E-state index in [1.165, 1.54) is 128 Å². The standard InChI is InChI=1S/C51H97NO6/c1-5-7-9-11-13-15-17-19-21-23-25-27-29-31-33-35-44-54-48-56-46-38-40-50(58-51(53)42-37-43-52(3)4)41-39-47-57-49-55-45-36-34-32-30-28-26-24-22-20-18-16-14-12-10-8-6-2/h13-16,19-22,50-51,53H,5-12,17-18,23-49H2,1-4H3/b15-13-,16-14-,21-19-,22-20-. The predicted octanol–water partition coefficient (Wildman–Crippen LogP) is 14.2. The van der Waals surface area contributed by atoms with Crippen molar-refractivity contribution in [3.63, 3.8) is 0 Å². The summed E-state index contributed by atoms with van der Waals surface area (Å²) in [6.45, 7) is 8.96. The van der Waals surface area contributed by atoms with Gasteiger partial charge in [0.1, 0.15) is 13.6 Å². The first-order valence-corrected chi connectivity index (χ1v) is 24.5. The lowest BCUT2D eigenvalue weighted by Gasteiger charge is -2.22. The molecule has 0 bridgehead atoms. The number of aliphatic hydroxyl groups is 1. The van der Waals surface area contributed by atoms with Crippen LogP contribution in [0.5, 0.6) is 0 Å². The van der Waals surface area contributed by atoms with Crippen molar-refractivity contribution in [1.82, 2.24) is 4.90 Å². The molecule has 0 spiro atoms. The summed E-state index contributed by atoms with van der Waals surface area (Å²) in [4.78, 5) is 2.14. The molecule has 58 heavy (non-hydrogen) atoms. The lowest BCUT2D eigenvalue weighted by atomic mass is 10.1. The molecule has 0 saturated heterocycles. The maximum absolute atomic E-state index is 10.5. The van der Waals surface area contributed by atoms with Crippen molar-refractivity contribution in [2.75, 3.05) is 60.7 Å². The van der Waals surface area contributed by atoms with Crippen molar-refractivity contribution in [2.45, 2.75) is 219 Å². The molecule has 1 unspecified atom stereocenters. The van der Waals surface area contributed by atoms with Crippen LogP contribution in [0.4, 0.5) is 0 Å². The van der Waals surface area contributed by atoms with E-state index in [0.717, 1.165) is 77.5 Å². The Balaban J connectivity index is 3.83. The molecule has 0 aliphatic heterocycles. The zero-order chi connectivity index (χ0) is 42.1. The third-order valence-corrected chi connectivity index (χ3v) is 10.3. The quantitative estimate of drug-likeness (QED) is 0.0372. The molecule has 7 nitrogen and oxygen atoms in total. The summed E-state index contributed by atoms with van der Waals surface area (Å²) in [6, 6.07) is 0. The van der Waals surface area contributed by atoms with Gasteiger partial charge >= 0.3 is 0 Å². The second-order valence-electron chi connectivity index (χ2n) is 16.5. The number of ether oxygens (including phenoxy) is 5. The van der Waals surface area contributed by atoms with Crippen molar-refractivity contribution < 1.29 is 28.8 Å². The number of hydrogen-bond acceptors (Lipinski definition) is 7. The Kier molecular flexibility index (Phi) is 48.9. The molecular weight excluding hydrogens is 723 g/mol. The first kappa shape index (κ1) is 56.7. The van der Waals surface area contributed by atoms with Crippen LogP contribution in [0.15, 0.2) is 48.6 Å². The SMILES string of the molecule is CCCCC/C=C\C/C=C\CCCCCCCCOCOCCCC(CCCOCOCCCCCCCC/C=C\C/C=C\CCCCC)OC(O)CCCN(C)C. The van der Waals surface area contributed by atoms with Gasteiger partial charge in [-0.2, -0.15) is 0 Å². The summed E-state index contributed by atoms with van der Waals surface area (Å²) in [6.07, 6.45) is 52.9. The van der Waals surface area contributed by atoms with Crippen molar-refractivity contribution in [1.29, 1.82) is 0 Å². The van der Waals surface area contributed by atoms with Gasteiger partial charge in [-0.1, -0.05) is 140 Å². The van der Waals surface area contributed by atoms with E-state index in [9.17, 15) is 5.11 Å². The van der Waals surface area contributed by atoms with Crippen LogP contribution in [0.1, 0.15) is 206 Å². The summed E-state index contributed by atoms with van der Waals surface area (Å²) < 4.78 is 29.0. The zero-order valence-corrected chi connectivity index (χ0v) is 38.9. The average molecular weight is 820 g/mol. The summed E-state index contributed by atoms with van der Waals surface area (Å²) in [5, 5.41) is 10.5. The van der Waals surface area contributed by atoms with E-state index in [1.54, 1.807) is 0 Å². The minimum Gasteiger partial charge on any atom is -0.368 e. The van der Waals surface area contributed by atoms with Gasteiger partial charge in [0.15, 0.2) is 6.29 Å². The third kappa shape index (κ3) is 49.0. The van der Waals surface area contributed by atoms with E-state index in [2.05, 4.69) is 81.5 Å². The fourth-order valence-electron chi connectivity index (χ4n) is 6.72. The smallest absolute Gasteiger partial charge is 0.154 e. The molecule has 0 radical (unpaired) electrons. The highest BCUT2D eigenvalue weighted by atomic mass is 16.7. The van der Waals surface area contributed by atoms with Gasteiger partial charge in [0.05, 0.1) is 6.10 Å². The fourth-order valence-corrected chi connectivity index (χ4v) is 6.72. The molecule has 0 amide bonds. The van der Waals surface area contributed by atoms with E-state index in [4.69, 9.17) is 23.7 Å². The molecule has 0 aromatic rings. The van der Waals surface area contributed by atoms with Gasteiger partial charge in [0, 0.05) is 26.4 Å². The van der Waals surface area contributed by atoms with E-state index < -0.39 is 6.29 Å². The van der Waals surface area contributed by atoms with Crippen LogP contribution < -0.4 is 0 Å². The number of rotatable bonds is 48. The third-order valence-electron chi connectivity index (χ3n) is 10.3. The van der Waals surface area contributed by atoms with Crippen LogP contribution in [-0.2, 0) is 23.7 Å². The molecule has 0 rings (SSSR count). The fraction of sp³-hybridized carbons (Fsp3) is 0.843. The summed E-state index contributed by atoms with van der Waals surface area (Å²) in [5.74, 6) is 0. The number of aliphatic hydroxyl groups excluding tert-OH is 1. The molecule has 7 heteroatoms. The zero-order valence-electron chi connectivity index (χ0n) is 38.9. The van der Waals surface area contributed by atoms with Crippen LogP contribution in [0.25, 0.3) is 0 Å². The topological polar surface area (TPSA) is 69.6 Å². The average Bonchev–Trinajstić information content (AvgIpc) is 3.21. The van der Waals surface area contributed by atoms with Crippen LogP contribution in [0.3, 0.4) is 0 Å². The molecule has 0 saturated carbocycles. The normalized spacial score (nSPS) is 13.0. The van der Waals surface area contributed by atoms with Crippen molar-refractivity contribution in [2.24, 2.45) is 0 Å². The molecular formula is C51H97NO6. The van der Waals surface area contributed by atoms with Gasteiger partial charge in [-0.25, -0.2) is 0 Å². The Morgan fingerprint density at radius 1 is 0.414 bits per heavy atom. The maximum Gasteiger partial charge on any atom is 0.154 e. The molecule has 0 heterocycles. The van der Waals surface area contributed by atoms with Crippen LogP contribution >= 0.6 is 0 Å². The van der Waals surface area contributed by atoms with Gasteiger partial charge in [-0.3, -0.25) is 0 Å². The molecule has 342 valence electrons. The van der Waals surface area contributed by atoms with Gasteiger partial charge in [0.2, 0.25) is 0 Å². The van der Waals surface area contributed by atoms with Crippen LogP contribution in [0.2, 0.25) is 0 Å². The first-order valence-electron chi connectivity index (χ1n) is 24.5. The predicted molar refractivity (Wildman–Crippen MR) is 249 cm³/mol. The second-order valence-corrected chi connectivity index (χ2v) is 16.5. The maximum atomic E-state index is 10.5. The van der Waals surface area contributed by atoms with Crippen LogP contribution in [-0.4, -0.2) is 83.1 Å². The second kappa shape index (κ2) is 50.0. The Hall–Kier alpha value is -1.32. The monoisotopic (exact) mass is 820 g/mol. The Labute approximate surface area is 360 Å². The molecule has 0 fully saturated rings. The van der Waals surface area contributed by atoms with E-state index in [0.29, 0.717) is 33.2 Å². The Morgan fingerprint density at radius 3 is 1.17 bits per heavy atom. The largest absolute Gasteiger partial charge is 0.368 e. The Morgan fingerprint density at radius 2 is 0.776 bits per heavy atom. The molecule has 0 aliphatic rings. The molecule has 0 aliphatic carbocycles. The number of nitrogens with zero attached hydrogens (tertiary/aromatic N) is 1. The van der Waals surface area contributed by atoms with E-state index >= 15 is 0 Å². The van der Waals surface area contributed by atoms with Crippen molar-refractivity contribution in [3.05, 3.63) is 48.6 Å². The molecule has 1 atom stereocenters. The number of allylic oxidation sites excluding steroid dienone is 8. The van der Waals surface area contributed by atoms with Crippen molar-refractivity contribution in [3.8, 4) is 0 Å². The number of unbranched alkanes of at least 4 members (excludes halogenated alkanes) is 18. The van der Waals surface area contributed by atoms with Gasteiger partial charge in [-0.15, -0.1) is 0 Å². The Bertz CT molecular complexity index is 830. The minimum atomic E-state index is -0.734. The number of hydrogen-bond donors (Lipinski definition) is 1. The minimum absolute atomic E-state index is 0.0139. The highest BCUT2D eigenvalue weighted by Gasteiger charge is 2.15. The van der Waals surface area contributed by atoms with Crippen LogP contribution in [0, 0.1) is 0 Å². The highest BCUT2D eigenvalue weighted by Crippen LogP contribution is 2.15. The van der Waals surface area contributed by atoms with E-state index in [-0.39, 0.29) is 6.10 Å². The van der Waals surface area contributed by atoms with Crippen molar-refractivity contribution >= 4 is 0 Å². The summed E-state index contributed by atoms with van der Waals surface area (Å²) in [5.41, 5.74) is 0. The summed E-state index contributed by atoms with van der Waals surface area (Å²) >= 11 is 0. The molecule has 0 aromatic heterocycles. The van der Waals surface area contributed by atoms with Gasteiger partial charge in [-0.05, 0) is 136 Å². The van der Waals surface area contributed by atoms with Gasteiger partial charge < -0.3 is 33.7 Å². The molecule has 1 N–H and O–H groups in total. The lowest BCUT2D eigenvalue weighted by Crippen LogP contribution is -2.24. The summed E-state index contributed by atoms with van der Waals surface area (Å²) in [7, 11) is 4.11. The lowest BCUT2D eigenvalue weighted by molar-refractivity contribution is -0.147. The first-order chi connectivity index (χ1) is 28.6.